The molecule has 1 aliphatic heterocycles. The summed E-state index contributed by atoms with van der Waals surface area (Å²) >= 11 is 3.32. The Hall–Kier alpha value is -1.62. The highest BCUT2D eigenvalue weighted by Crippen LogP contribution is 2.38. The summed E-state index contributed by atoms with van der Waals surface area (Å²) in [4.78, 5) is 25.2. The summed E-state index contributed by atoms with van der Waals surface area (Å²) in [5.41, 5.74) is -0.208. The van der Waals surface area contributed by atoms with Gasteiger partial charge in [0.05, 0.1) is 11.1 Å². The first-order chi connectivity index (χ1) is 14.0. The molecule has 29 heavy (non-hydrogen) atoms. The number of cyclic esters (lactones) is 1. The number of hydrogen-bond donors (Lipinski definition) is 0. The first-order valence-electron chi connectivity index (χ1n) is 10.8. The Bertz CT molecular complexity index is 698. The second-order valence-electron chi connectivity index (χ2n) is 7.89. The molecule has 1 unspecified atom stereocenters. The molecule has 0 N–H and O–H groups in total. The molecule has 1 heterocycles. The molecular formula is C24H33BrO4. The molecule has 0 aliphatic carbocycles. The topological polar surface area (TPSA) is 52.6 Å². The highest BCUT2D eigenvalue weighted by atomic mass is 79.9. The van der Waals surface area contributed by atoms with Crippen molar-refractivity contribution in [3.63, 3.8) is 0 Å². The summed E-state index contributed by atoms with van der Waals surface area (Å²) in [5, 5.41) is 0.276. The SMILES string of the molecule is CCCCCCCCCCCC1(C)OC(=O)C(CBr)=C1C(=O)Oc1ccccc1. The number of carbonyl (C=O) groups is 2. The lowest BCUT2D eigenvalue weighted by Crippen LogP contribution is -2.33. The number of rotatable bonds is 13. The molecule has 0 amide bonds. The number of benzene rings is 1. The van der Waals surface area contributed by atoms with E-state index in [2.05, 4.69) is 22.9 Å². The van der Waals surface area contributed by atoms with Gasteiger partial charge in [-0.2, -0.15) is 0 Å². The van der Waals surface area contributed by atoms with Crippen molar-refractivity contribution in [3.8, 4) is 5.75 Å². The zero-order chi connectivity index (χ0) is 21.1. The van der Waals surface area contributed by atoms with Gasteiger partial charge in [-0.05, 0) is 31.9 Å². The molecule has 4 nitrogen and oxygen atoms in total. The quantitative estimate of drug-likeness (QED) is 0.144. The molecule has 1 atom stereocenters. The largest absolute Gasteiger partial charge is 0.451 e. The van der Waals surface area contributed by atoms with E-state index in [-0.39, 0.29) is 5.33 Å². The predicted molar refractivity (Wildman–Crippen MR) is 119 cm³/mol. The van der Waals surface area contributed by atoms with Crippen molar-refractivity contribution in [1.29, 1.82) is 0 Å². The van der Waals surface area contributed by atoms with Crippen molar-refractivity contribution in [2.24, 2.45) is 0 Å². The average molecular weight is 465 g/mol. The minimum Gasteiger partial charge on any atom is -0.451 e. The van der Waals surface area contributed by atoms with Gasteiger partial charge in [-0.15, -0.1) is 0 Å². The second kappa shape index (κ2) is 12.2. The van der Waals surface area contributed by atoms with E-state index >= 15 is 0 Å². The summed E-state index contributed by atoms with van der Waals surface area (Å²) in [6.07, 6.45) is 11.6. The molecule has 0 radical (unpaired) electrons. The number of para-hydroxylation sites is 1. The fourth-order valence-electron chi connectivity index (χ4n) is 3.79. The number of esters is 2. The van der Waals surface area contributed by atoms with Gasteiger partial charge >= 0.3 is 11.9 Å². The third-order valence-corrected chi connectivity index (χ3v) is 6.00. The zero-order valence-corrected chi connectivity index (χ0v) is 19.3. The number of alkyl halides is 1. The van der Waals surface area contributed by atoms with Gasteiger partial charge in [0.25, 0.3) is 0 Å². The second-order valence-corrected chi connectivity index (χ2v) is 8.45. The van der Waals surface area contributed by atoms with Crippen LogP contribution < -0.4 is 4.74 Å². The Labute approximate surface area is 183 Å². The molecule has 0 saturated carbocycles. The van der Waals surface area contributed by atoms with Crippen molar-refractivity contribution in [2.45, 2.75) is 83.7 Å². The molecule has 1 aliphatic rings. The lowest BCUT2D eigenvalue weighted by molar-refractivity contribution is -0.147. The zero-order valence-electron chi connectivity index (χ0n) is 17.7. The summed E-state index contributed by atoms with van der Waals surface area (Å²) in [6.45, 7) is 4.06. The Morgan fingerprint density at radius 3 is 2.17 bits per heavy atom. The number of carbonyl (C=O) groups excluding carboxylic acids is 2. The average Bonchev–Trinajstić information content (AvgIpc) is 2.97. The Kier molecular flexibility index (Phi) is 9.92. The number of ether oxygens (including phenoxy) is 2. The summed E-state index contributed by atoms with van der Waals surface area (Å²) in [7, 11) is 0. The van der Waals surface area contributed by atoms with Crippen molar-refractivity contribution in [2.75, 3.05) is 5.33 Å². The van der Waals surface area contributed by atoms with Crippen LogP contribution in [0, 0.1) is 0 Å². The number of unbranched alkanes of at least 4 members (excludes halogenated alkanes) is 8. The minimum absolute atomic E-state index is 0.276. The molecule has 160 valence electrons. The monoisotopic (exact) mass is 464 g/mol. The lowest BCUT2D eigenvalue weighted by Gasteiger charge is -2.25. The smallest absolute Gasteiger partial charge is 0.344 e. The van der Waals surface area contributed by atoms with Crippen LogP contribution in [0.25, 0.3) is 0 Å². The minimum atomic E-state index is -0.923. The Morgan fingerprint density at radius 1 is 1.00 bits per heavy atom. The van der Waals surface area contributed by atoms with Crippen molar-refractivity contribution in [3.05, 3.63) is 41.5 Å². The highest BCUT2D eigenvalue weighted by molar-refractivity contribution is 9.09. The van der Waals surface area contributed by atoms with E-state index in [0.29, 0.717) is 23.3 Å². The van der Waals surface area contributed by atoms with Gasteiger partial charge in [-0.1, -0.05) is 92.4 Å². The first kappa shape index (κ1) is 23.7. The van der Waals surface area contributed by atoms with Gasteiger partial charge in [0.1, 0.15) is 11.4 Å². The van der Waals surface area contributed by atoms with Gasteiger partial charge in [0.15, 0.2) is 0 Å². The molecule has 0 saturated heterocycles. The van der Waals surface area contributed by atoms with Crippen LogP contribution in [0.4, 0.5) is 0 Å². The van der Waals surface area contributed by atoms with Crippen LogP contribution in [0.3, 0.4) is 0 Å². The molecule has 0 bridgehead atoms. The van der Waals surface area contributed by atoms with Gasteiger partial charge < -0.3 is 9.47 Å². The van der Waals surface area contributed by atoms with E-state index in [0.717, 1.165) is 12.8 Å². The molecule has 1 aromatic rings. The lowest BCUT2D eigenvalue weighted by atomic mass is 9.88. The van der Waals surface area contributed by atoms with Crippen LogP contribution in [0.1, 0.15) is 78.1 Å². The standard InChI is InChI=1S/C24H33BrO4/c1-3-4-5-6-7-8-9-10-14-17-24(2)21(20(18-25)22(26)29-24)23(27)28-19-15-12-11-13-16-19/h11-13,15-16H,3-10,14,17-18H2,1-2H3. The van der Waals surface area contributed by atoms with Crippen molar-refractivity contribution in [1.82, 2.24) is 0 Å². The van der Waals surface area contributed by atoms with Crippen LogP contribution in [0.2, 0.25) is 0 Å². The predicted octanol–water partition coefficient (Wildman–Crippen LogP) is 6.52. The molecule has 2 rings (SSSR count). The molecule has 0 fully saturated rings. The Morgan fingerprint density at radius 2 is 1.59 bits per heavy atom. The molecule has 5 heteroatoms. The third kappa shape index (κ3) is 6.98. The van der Waals surface area contributed by atoms with Crippen molar-refractivity contribution >= 4 is 27.9 Å². The normalized spacial score (nSPS) is 18.8. The van der Waals surface area contributed by atoms with E-state index in [1.54, 1.807) is 24.3 Å². The van der Waals surface area contributed by atoms with Crippen LogP contribution in [0.15, 0.2) is 41.5 Å². The van der Waals surface area contributed by atoms with E-state index < -0.39 is 17.5 Å². The van der Waals surface area contributed by atoms with Gasteiger partial charge in [-0.25, -0.2) is 9.59 Å². The van der Waals surface area contributed by atoms with E-state index in [4.69, 9.17) is 9.47 Å². The van der Waals surface area contributed by atoms with Gasteiger partial charge in [0, 0.05) is 5.33 Å². The van der Waals surface area contributed by atoms with Gasteiger partial charge in [0.2, 0.25) is 0 Å². The molecule has 0 aromatic heterocycles. The summed E-state index contributed by atoms with van der Waals surface area (Å²) < 4.78 is 11.2. The Balaban J connectivity index is 1.90. The molecular weight excluding hydrogens is 432 g/mol. The first-order valence-corrected chi connectivity index (χ1v) is 11.9. The molecule has 0 spiro atoms. The summed E-state index contributed by atoms with van der Waals surface area (Å²) in [5.74, 6) is -0.473. The van der Waals surface area contributed by atoms with Crippen LogP contribution in [-0.2, 0) is 14.3 Å². The number of hydrogen-bond acceptors (Lipinski definition) is 4. The van der Waals surface area contributed by atoms with Crippen LogP contribution in [-0.4, -0.2) is 22.9 Å². The maximum Gasteiger partial charge on any atom is 0.344 e. The fraction of sp³-hybridized carbons (Fsp3) is 0.583. The fourth-order valence-corrected chi connectivity index (χ4v) is 4.30. The maximum absolute atomic E-state index is 12.9. The third-order valence-electron chi connectivity index (χ3n) is 5.44. The van der Waals surface area contributed by atoms with Crippen molar-refractivity contribution < 1.29 is 19.1 Å². The van der Waals surface area contributed by atoms with Gasteiger partial charge in [-0.3, -0.25) is 0 Å². The number of halogens is 1. The maximum atomic E-state index is 12.9. The molecule has 1 aromatic carbocycles. The summed E-state index contributed by atoms with van der Waals surface area (Å²) in [6, 6.07) is 8.92. The highest BCUT2D eigenvalue weighted by Gasteiger charge is 2.47. The van der Waals surface area contributed by atoms with E-state index in [1.165, 1.54) is 44.9 Å². The van der Waals surface area contributed by atoms with Crippen LogP contribution >= 0.6 is 15.9 Å². The van der Waals surface area contributed by atoms with E-state index in [1.807, 2.05) is 13.0 Å². The van der Waals surface area contributed by atoms with E-state index in [9.17, 15) is 9.59 Å². The van der Waals surface area contributed by atoms with Crippen LogP contribution in [0.5, 0.6) is 5.75 Å².